The number of guanidine groups is 1. The van der Waals surface area contributed by atoms with Crippen LogP contribution in [-0.4, -0.2) is 38.3 Å². The van der Waals surface area contributed by atoms with Crippen LogP contribution in [0.1, 0.15) is 18.2 Å². The molecule has 28 heavy (non-hydrogen) atoms. The number of aromatic nitrogens is 1. The highest BCUT2D eigenvalue weighted by Gasteiger charge is 2.16. The third-order valence-corrected chi connectivity index (χ3v) is 3.66. The van der Waals surface area contributed by atoms with Crippen LogP contribution in [0, 0.1) is 0 Å². The summed E-state index contributed by atoms with van der Waals surface area (Å²) in [5.41, 5.74) is 1.29. The highest BCUT2D eigenvalue weighted by molar-refractivity contribution is 5.79. The SMILES string of the molecule is CCOc1cccc(CNC(=NC)NCc2cccc(OC)n2)c1OC(F)F. The molecule has 0 aliphatic carbocycles. The van der Waals surface area contributed by atoms with Gasteiger partial charge in [-0.1, -0.05) is 18.2 Å². The molecule has 1 aromatic carbocycles. The van der Waals surface area contributed by atoms with Gasteiger partial charge in [-0.05, 0) is 19.1 Å². The number of rotatable bonds is 9. The van der Waals surface area contributed by atoms with Crippen LogP contribution < -0.4 is 24.8 Å². The molecule has 0 unspecified atom stereocenters. The van der Waals surface area contributed by atoms with Crippen LogP contribution in [0.15, 0.2) is 41.4 Å². The summed E-state index contributed by atoms with van der Waals surface area (Å²) in [6, 6.07) is 10.4. The van der Waals surface area contributed by atoms with E-state index in [-0.39, 0.29) is 18.0 Å². The lowest BCUT2D eigenvalue weighted by Gasteiger charge is -2.17. The lowest BCUT2D eigenvalue weighted by atomic mass is 10.2. The van der Waals surface area contributed by atoms with Crippen molar-refractivity contribution in [2.45, 2.75) is 26.6 Å². The van der Waals surface area contributed by atoms with Crippen LogP contribution in [0.5, 0.6) is 17.4 Å². The molecule has 152 valence electrons. The Hall–Kier alpha value is -3.10. The van der Waals surface area contributed by atoms with Gasteiger partial charge in [-0.25, -0.2) is 4.98 Å². The van der Waals surface area contributed by atoms with Gasteiger partial charge >= 0.3 is 6.61 Å². The van der Waals surface area contributed by atoms with Crippen molar-refractivity contribution in [2.24, 2.45) is 4.99 Å². The second-order valence-electron chi connectivity index (χ2n) is 5.51. The van der Waals surface area contributed by atoms with Crippen molar-refractivity contribution >= 4 is 5.96 Å². The van der Waals surface area contributed by atoms with Crippen molar-refractivity contribution in [1.82, 2.24) is 15.6 Å². The fraction of sp³-hybridized carbons (Fsp3) is 0.368. The second kappa shape index (κ2) is 10.9. The van der Waals surface area contributed by atoms with E-state index in [1.165, 1.54) is 0 Å². The maximum absolute atomic E-state index is 12.8. The Morgan fingerprint density at radius 1 is 1.14 bits per heavy atom. The normalized spacial score (nSPS) is 11.3. The number of aliphatic imine (C=N–C) groups is 1. The van der Waals surface area contributed by atoms with E-state index >= 15 is 0 Å². The highest BCUT2D eigenvalue weighted by atomic mass is 19.3. The van der Waals surface area contributed by atoms with Gasteiger partial charge in [0.1, 0.15) is 0 Å². The summed E-state index contributed by atoms with van der Waals surface area (Å²) in [6.07, 6.45) is 0. The third kappa shape index (κ3) is 6.26. The Kier molecular flexibility index (Phi) is 8.26. The quantitative estimate of drug-likeness (QED) is 0.503. The van der Waals surface area contributed by atoms with Crippen LogP contribution in [0.2, 0.25) is 0 Å². The van der Waals surface area contributed by atoms with E-state index in [2.05, 4.69) is 25.3 Å². The molecule has 0 radical (unpaired) electrons. The van der Waals surface area contributed by atoms with Crippen molar-refractivity contribution in [3.8, 4) is 17.4 Å². The van der Waals surface area contributed by atoms with Crippen molar-refractivity contribution in [2.75, 3.05) is 20.8 Å². The summed E-state index contributed by atoms with van der Waals surface area (Å²) >= 11 is 0. The van der Waals surface area contributed by atoms with Crippen molar-refractivity contribution in [3.05, 3.63) is 47.7 Å². The standard InChI is InChI=1S/C19H24F2N4O3/c1-4-27-15-9-5-7-13(17(15)28-18(20)21)11-23-19(22-2)24-12-14-8-6-10-16(25-14)26-3/h5-10,18H,4,11-12H2,1-3H3,(H2,22,23,24). The molecule has 0 atom stereocenters. The molecule has 0 aliphatic heterocycles. The molecule has 0 bridgehead atoms. The minimum Gasteiger partial charge on any atom is -0.490 e. The third-order valence-electron chi connectivity index (χ3n) is 3.66. The van der Waals surface area contributed by atoms with Gasteiger partial charge in [0.05, 0.1) is 26.0 Å². The Morgan fingerprint density at radius 3 is 2.57 bits per heavy atom. The molecule has 9 heteroatoms. The zero-order chi connectivity index (χ0) is 20.4. The second-order valence-corrected chi connectivity index (χ2v) is 5.51. The lowest BCUT2D eigenvalue weighted by Crippen LogP contribution is -2.36. The first-order chi connectivity index (χ1) is 13.6. The van der Waals surface area contributed by atoms with Gasteiger partial charge in [0, 0.05) is 25.2 Å². The largest absolute Gasteiger partial charge is 0.490 e. The topological polar surface area (TPSA) is 77.0 Å². The number of alkyl halides is 2. The minimum atomic E-state index is -2.95. The van der Waals surface area contributed by atoms with Gasteiger partial charge < -0.3 is 24.8 Å². The van der Waals surface area contributed by atoms with E-state index in [0.29, 0.717) is 30.6 Å². The lowest BCUT2D eigenvalue weighted by molar-refractivity contribution is -0.0520. The smallest absolute Gasteiger partial charge is 0.387 e. The molecule has 2 rings (SSSR count). The van der Waals surface area contributed by atoms with Crippen molar-refractivity contribution < 1.29 is 23.0 Å². The van der Waals surface area contributed by atoms with Gasteiger partial charge in [0.25, 0.3) is 0 Å². The van der Waals surface area contributed by atoms with Crippen molar-refractivity contribution in [1.29, 1.82) is 0 Å². The van der Waals surface area contributed by atoms with Crippen LogP contribution in [0.3, 0.4) is 0 Å². The zero-order valence-corrected chi connectivity index (χ0v) is 16.0. The van der Waals surface area contributed by atoms with E-state index in [4.69, 9.17) is 9.47 Å². The minimum absolute atomic E-state index is 0.0109. The molecule has 0 spiro atoms. The molecule has 0 saturated heterocycles. The number of ether oxygens (including phenoxy) is 3. The number of hydrogen-bond acceptors (Lipinski definition) is 5. The summed E-state index contributed by atoms with van der Waals surface area (Å²) in [5.74, 6) is 1.28. The van der Waals surface area contributed by atoms with Gasteiger partial charge in [-0.2, -0.15) is 8.78 Å². The Bertz CT molecular complexity index is 788. The number of para-hydroxylation sites is 1. The number of hydrogen-bond donors (Lipinski definition) is 2. The highest BCUT2D eigenvalue weighted by Crippen LogP contribution is 2.32. The summed E-state index contributed by atoms with van der Waals surface area (Å²) in [5, 5.41) is 6.17. The first-order valence-corrected chi connectivity index (χ1v) is 8.71. The summed E-state index contributed by atoms with van der Waals surface area (Å²) < 4.78 is 40.8. The van der Waals surface area contributed by atoms with Crippen molar-refractivity contribution in [3.63, 3.8) is 0 Å². The van der Waals surface area contributed by atoms with E-state index in [1.54, 1.807) is 45.3 Å². The number of benzene rings is 1. The van der Waals surface area contributed by atoms with Gasteiger partial charge in [-0.3, -0.25) is 4.99 Å². The number of halogens is 2. The van der Waals surface area contributed by atoms with E-state index in [0.717, 1.165) is 5.69 Å². The summed E-state index contributed by atoms with van der Waals surface area (Å²) in [4.78, 5) is 8.43. The number of nitrogens with one attached hydrogen (secondary N) is 2. The molecule has 2 aromatic rings. The zero-order valence-electron chi connectivity index (χ0n) is 16.0. The molecule has 0 aliphatic rings. The van der Waals surface area contributed by atoms with Gasteiger partial charge in [-0.15, -0.1) is 0 Å². The maximum atomic E-state index is 12.8. The molecule has 1 aromatic heterocycles. The van der Waals surface area contributed by atoms with E-state index in [1.807, 2.05) is 12.1 Å². The number of methoxy groups -OCH3 is 1. The first kappa shape index (κ1) is 21.2. The Labute approximate surface area is 162 Å². The number of pyridine rings is 1. The average molecular weight is 394 g/mol. The molecular weight excluding hydrogens is 370 g/mol. The summed E-state index contributed by atoms with van der Waals surface area (Å²) in [7, 11) is 3.16. The monoisotopic (exact) mass is 394 g/mol. The molecule has 2 N–H and O–H groups in total. The van der Waals surface area contributed by atoms with Crippen LogP contribution in [0.4, 0.5) is 8.78 Å². The van der Waals surface area contributed by atoms with Gasteiger partial charge in [0.2, 0.25) is 5.88 Å². The number of nitrogens with zero attached hydrogens (tertiary/aromatic N) is 2. The first-order valence-electron chi connectivity index (χ1n) is 8.71. The summed E-state index contributed by atoms with van der Waals surface area (Å²) in [6.45, 7) is -0.204. The predicted molar refractivity (Wildman–Crippen MR) is 102 cm³/mol. The van der Waals surface area contributed by atoms with Crippen LogP contribution in [0.25, 0.3) is 0 Å². The average Bonchev–Trinajstić information content (AvgIpc) is 2.70. The maximum Gasteiger partial charge on any atom is 0.387 e. The Balaban J connectivity index is 2.03. The van der Waals surface area contributed by atoms with E-state index < -0.39 is 6.61 Å². The molecular formula is C19H24F2N4O3. The molecule has 7 nitrogen and oxygen atoms in total. The molecule has 1 heterocycles. The fourth-order valence-electron chi connectivity index (χ4n) is 2.44. The molecule has 0 fully saturated rings. The molecule has 0 amide bonds. The molecule has 0 saturated carbocycles. The Morgan fingerprint density at radius 2 is 1.89 bits per heavy atom. The van der Waals surface area contributed by atoms with E-state index in [9.17, 15) is 8.78 Å². The predicted octanol–water partition coefficient (Wildman–Crippen LogP) is 2.96. The van der Waals surface area contributed by atoms with Crippen LogP contribution >= 0.6 is 0 Å². The van der Waals surface area contributed by atoms with Crippen LogP contribution in [-0.2, 0) is 13.1 Å². The fourth-order valence-corrected chi connectivity index (χ4v) is 2.44. The van der Waals surface area contributed by atoms with Gasteiger partial charge in [0.15, 0.2) is 17.5 Å².